The lowest BCUT2D eigenvalue weighted by atomic mass is 10.0. The number of hydrogen-bond acceptors (Lipinski definition) is 9. The van der Waals surface area contributed by atoms with Crippen molar-refractivity contribution in [3.63, 3.8) is 0 Å². The van der Waals surface area contributed by atoms with Crippen LogP contribution >= 0.6 is 7.82 Å². The molecule has 0 fully saturated rings. The molecule has 3 atom stereocenters. The molecular weight excluding hydrogens is 866 g/mol. The molecule has 0 aromatic heterocycles. The second kappa shape index (κ2) is 49.8. The molecule has 0 heterocycles. The number of aliphatic carboxylic acids is 1. The summed E-state index contributed by atoms with van der Waals surface area (Å²) in [7, 11) is -4.73. The molecule has 0 bridgehead atoms. The summed E-state index contributed by atoms with van der Waals surface area (Å²) in [5, 5.41) is 8.93. The van der Waals surface area contributed by atoms with Crippen molar-refractivity contribution in [1.29, 1.82) is 0 Å². The van der Waals surface area contributed by atoms with Gasteiger partial charge >= 0.3 is 25.7 Å². The molecule has 0 aliphatic heterocycles. The Bertz CT molecular complexity index is 1320. The first kappa shape index (κ1) is 64.4. The number of hydrogen-bond donors (Lipinski definition) is 3. The van der Waals surface area contributed by atoms with E-state index in [-0.39, 0.29) is 19.4 Å². The Labute approximate surface area is 409 Å². The molecule has 4 N–H and O–H groups in total. The molecule has 0 aliphatic carbocycles. The zero-order valence-corrected chi connectivity index (χ0v) is 43.6. The number of nitrogens with two attached hydrogens (primary N) is 1. The van der Waals surface area contributed by atoms with Crippen LogP contribution in [0.5, 0.6) is 0 Å². The summed E-state index contributed by atoms with van der Waals surface area (Å²) >= 11 is 0. The lowest BCUT2D eigenvalue weighted by Gasteiger charge is -2.20. The van der Waals surface area contributed by atoms with Gasteiger partial charge < -0.3 is 25.2 Å². The van der Waals surface area contributed by atoms with Gasteiger partial charge in [0.15, 0.2) is 6.10 Å². The van der Waals surface area contributed by atoms with E-state index in [4.69, 9.17) is 29.4 Å². The zero-order valence-electron chi connectivity index (χ0n) is 42.7. The van der Waals surface area contributed by atoms with Crippen molar-refractivity contribution < 1.29 is 47.5 Å². The van der Waals surface area contributed by atoms with Crippen molar-refractivity contribution in [3.8, 4) is 0 Å². The fourth-order valence-electron chi connectivity index (χ4n) is 7.65. The van der Waals surface area contributed by atoms with E-state index in [9.17, 15) is 23.8 Å². The molecule has 0 aliphatic rings. The van der Waals surface area contributed by atoms with Gasteiger partial charge in [-0.25, -0.2) is 4.57 Å². The number of carbonyl (C=O) groups excluding carboxylic acids is 2. The van der Waals surface area contributed by atoms with Crippen LogP contribution in [0.25, 0.3) is 0 Å². The van der Waals surface area contributed by atoms with Crippen LogP contribution in [0.1, 0.15) is 251 Å². The van der Waals surface area contributed by atoms with Gasteiger partial charge in [0.25, 0.3) is 0 Å². The van der Waals surface area contributed by atoms with Crippen molar-refractivity contribution >= 4 is 25.7 Å². The first-order chi connectivity index (χ1) is 32.6. The SMILES string of the molecule is CC/C=C\C/C=C\C/C=C\C/C=C\CCCCCCCCCCC(=O)OC(COC(=O)CCCCCCCCCCCCCCCCCCCCCCCC)COP(=O)(O)OCC(N)C(=O)O. The Morgan fingerprint density at radius 1 is 0.478 bits per heavy atom. The maximum atomic E-state index is 12.7. The quantitative estimate of drug-likeness (QED) is 0.0229. The number of ether oxygens (including phenoxy) is 2. The van der Waals surface area contributed by atoms with Crippen molar-refractivity contribution in [2.75, 3.05) is 19.8 Å². The van der Waals surface area contributed by atoms with Crippen LogP contribution in [0.2, 0.25) is 0 Å². The van der Waals surface area contributed by atoms with Crippen LogP contribution in [0.4, 0.5) is 0 Å². The summed E-state index contributed by atoms with van der Waals surface area (Å²) in [4.78, 5) is 46.3. The molecule has 3 unspecified atom stereocenters. The van der Waals surface area contributed by atoms with Crippen LogP contribution < -0.4 is 5.73 Å². The third kappa shape index (κ3) is 49.7. The Morgan fingerprint density at radius 2 is 0.836 bits per heavy atom. The zero-order chi connectivity index (χ0) is 49.2. The number of phosphoric ester groups is 1. The van der Waals surface area contributed by atoms with Gasteiger partial charge in [-0.2, -0.15) is 0 Å². The minimum atomic E-state index is -4.73. The maximum absolute atomic E-state index is 12.7. The topological polar surface area (TPSA) is 172 Å². The first-order valence-corrected chi connectivity index (χ1v) is 28.7. The Hall–Kier alpha value is -2.56. The first-order valence-electron chi connectivity index (χ1n) is 27.2. The summed E-state index contributed by atoms with van der Waals surface area (Å²) in [6.45, 7) is 2.73. The number of carboxylic acids is 1. The molecule has 0 radical (unpaired) electrons. The molecule has 390 valence electrons. The van der Waals surface area contributed by atoms with Crippen LogP contribution in [0, 0.1) is 0 Å². The summed E-state index contributed by atoms with van der Waals surface area (Å²) in [5.74, 6) is -2.38. The molecule has 0 saturated carbocycles. The molecule has 67 heavy (non-hydrogen) atoms. The normalized spacial score (nSPS) is 13.9. The molecule has 11 nitrogen and oxygen atoms in total. The van der Waals surface area contributed by atoms with Gasteiger partial charge in [-0.05, 0) is 51.4 Å². The number of phosphoric acid groups is 1. The summed E-state index contributed by atoms with van der Waals surface area (Å²) in [6, 6.07) is -1.52. The van der Waals surface area contributed by atoms with Crippen LogP contribution in [-0.2, 0) is 37.5 Å². The highest BCUT2D eigenvalue weighted by molar-refractivity contribution is 7.47. The maximum Gasteiger partial charge on any atom is 0.472 e. The highest BCUT2D eigenvalue weighted by Gasteiger charge is 2.28. The van der Waals surface area contributed by atoms with Gasteiger partial charge in [-0.3, -0.25) is 23.4 Å². The van der Waals surface area contributed by atoms with Gasteiger partial charge in [0, 0.05) is 12.8 Å². The highest BCUT2D eigenvalue weighted by Crippen LogP contribution is 2.43. The van der Waals surface area contributed by atoms with Gasteiger partial charge in [-0.1, -0.05) is 236 Å². The number of carboxylic acid groups (broad SMARTS) is 1. The molecule has 0 aromatic rings. The van der Waals surface area contributed by atoms with Crippen LogP contribution in [0.3, 0.4) is 0 Å². The minimum Gasteiger partial charge on any atom is -0.480 e. The average molecular weight is 966 g/mol. The van der Waals surface area contributed by atoms with Crippen molar-refractivity contribution in [3.05, 3.63) is 48.6 Å². The lowest BCUT2D eigenvalue weighted by Crippen LogP contribution is -2.34. The van der Waals surface area contributed by atoms with Crippen molar-refractivity contribution in [2.45, 2.75) is 264 Å². The Balaban J connectivity index is 4.20. The number of carbonyl (C=O) groups is 3. The third-order valence-corrected chi connectivity index (χ3v) is 12.8. The molecule has 12 heteroatoms. The molecule has 0 aromatic carbocycles. The number of unbranched alkanes of at least 4 members (excludes halogenated alkanes) is 29. The van der Waals surface area contributed by atoms with E-state index in [2.05, 4.69) is 62.5 Å². The van der Waals surface area contributed by atoms with Gasteiger partial charge in [0.2, 0.25) is 0 Å². The highest BCUT2D eigenvalue weighted by atomic mass is 31.2. The van der Waals surface area contributed by atoms with E-state index in [1.165, 1.54) is 135 Å². The standard InChI is InChI=1S/C55H100NO10P/c1-3-5-7-9-11-13-15-17-19-21-23-25-27-28-30-32-34-36-38-40-42-44-46-53(57)63-48-51(49-64-67(61,62)65-50-52(56)55(59)60)66-54(58)47-45-43-41-39-37-35-33-31-29-26-24-22-20-18-16-14-12-10-8-6-4-2/h6,8,12,14,18,20,24,26,51-52H,3-5,7,9-11,13,15-17,19,21-23,25,27-50,56H2,1-2H3,(H,59,60)(H,61,62)/b8-6-,14-12-,20-18-,26-24-. The lowest BCUT2D eigenvalue weighted by molar-refractivity contribution is -0.161. The second-order valence-electron chi connectivity index (χ2n) is 18.3. The van der Waals surface area contributed by atoms with Gasteiger partial charge in [0.05, 0.1) is 13.2 Å². The Kier molecular flexibility index (Phi) is 47.9. The summed E-state index contributed by atoms with van der Waals surface area (Å²) in [5.41, 5.74) is 5.36. The van der Waals surface area contributed by atoms with Crippen molar-refractivity contribution in [2.24, 2.45) is 5.73 Å². The van der Waals surface area contributed by atoms with Gasteiger partial charge in [0.1, 0.15) is 12.6 Å². The largest absolute Gasteiger partial charge is 0.480 e. The summed E-state index contributed by atoms with van der Waals surface area (Å²) < 4.78 is 32.9. The monoisotopic (exact) mass is 966 g/mol. The smallest absolute Gasteiger partial charge is 0.472 e. The molecule has 0 saturated heterocycles. The van der Waals surface area contributed by atoms with Crippen molar-refractivity contribution in [1.82, 2.24) is 0 Å². The molecule has 0 spiro atoms. The molecular formula is C55H100NO10P. The van der Waals surface area contributed by atoms with Gasteiger partial charge in [-0.15, -0.1) is 0 Å². The molecule has 0 rings (SSSR count). The fraction of sp³-hybridized carbons (Fsp3) is 0.800. The Morgan fingerprint density at radius 3 is 1.25 bits per heavy atom. The van der Waals surface area contributed by atoms with E-state index in [1.807, 2.05) is 0 Å². The predicted molar refractivity (Wildman–Crippen MR) is 277 cm³/mol. The fourth-order valence-corrected chi connectivity index (χ4v) is 8.43. The van der Waals surface area contributed by atoms with E-state index in [0.29, 0.717) is 12.8 Å². The predicted octanol–water partition coefficient (Wildman–Crippen LogP) is 15.7. The van der Waals surface area contributed by atoms with E-state index in [1.54, 1.807) is 0 Å². The number of esters is 2. The summed E-state index contributed by atoms with van der Waals surface area (Å²) in [6.07, 6.45) is 58.9. The second-order valence-corrected chi connectivity index (χ2v) is 19.8. The number of rotatable bonds is 51. The third-order valence-electron chi connectivity index (χ3n) is 11.8. The number of allylic oxidation sites excluding steroid dienone is 8. The van der Waals surface area contributed by atoms with E-state index in [0.717, 1.165) is 77.0 Å². The van der Waals surface area contributed by atoms with E-state index >= 15 is 0 Å². The van der Waals surface area contributed by atoms with Crippen LogP contribution in [0.15, 0.2) is 48.6 Å². The minimum absolute atomic E-state index is 0.152. The average Bonchev–Trinajstić information content (AvgIpc) is 3.31. The van der Waals surface area contributed by atoms with E-state index < -0.39 is 51.1 Å². The molecule has 0 amide bonds. The van der Waals surface area contributed by atoms with Crippen LogP contribution in [-0.4, -0.2) is 59.9 Å².